The van der Waals surface area contributed by atoms with Crippen LogP contribution in [-0.2, 0) is 13.0 Å². The van der Waals surface area contributed by atoms with Crippen molar-refractivity contribution >= 4 is 11.0 Å². The maximum atomic E-state index is 6.43. The lowest BCUT2D eigenvalue weighted by atomic mass is 9.91. The summed E-state index contributed by atoms with van der Waals surface area (Å²) in [4.78, 5) is 6.94. The molecule has 20 heavy (non-hydrogen) atoms. The highest BCUT2D eigenvalue weighted by Crippen LogP contribution is 2.21. The molecule has 0 fully saturated rings. The maximum Gasteiger partial charge on any atom is 0.111 e. The molecule has 1 aromatic carbocycles. The molecule has 2 aromatic rings. The van der Waals surface area contributed by atoms with Crippen LogP contribution in [0.5, 0.6) is 0 Å². The number of nitrogens with two attached hydrogens (primary N) is 1. The minimum absolute atomic E-state index is 0.0413. The van der Waals surface area contributed by atoms with E-state index in [-0.39, 0.29) is 11.6 Å². The standard InChI is InChI=1S/C16H26N4/c1-6-20-13-10-8-7-9-12(13)18-15(20)11-14(17)16(2,3)19(4)5/h7-10,14H,6,11,17H2,1-5H3. The van der Waals surface area contributed by atoms with Gasteiger partial charge in [0, 0.05) is 24.5 Å². The van der Waals surface area contributed by atoms with Gasteiger partial charge in [-0.15, -0.1) is 0 Å². The van der Waals surface area contributed by atoms with Crippen molar-refractivity contribution in [1.82, 2.24) is 14.5 Å². The predicted octanol–water partition coefficient (Wildman–Crippen LogP) is 2.27. The molecule has 0 spiro atoms. The minimum atomic E-state index is -0.0588. The normalized spacial score (nSPS) is 14.2. The van der Waals surface area contributed by atoms with Crippen molar-refractivity contribution in [2.45, 2.75) is 45.3 Å². The van der Waals surface area contributed by atoms with Crippen molar-refractivity contribution in [2.24, 2.45) is 5.73 Å². The number of rotatable bonds is 5. The number of para-hydroxylation sites is 2. The summed E-state index contributed by atoms with van der Waals surface area (Å²) in [6.45, 7) is 7.43. The number of aryl methyl sites for hydroxylation is 1. The molecule has 0 aliphatic carbocycles. The van der Waals surface area contributed by atoms with Gasteiger partial charge >= 0.3 is 0 Å². The van der Waals surface area contributed by atoms with Gasteiger partial charge in [-0.3, -0.25) is 0 Å². The molecule has 2 rings (SSSR count). The molecule has 1 atom stereocenters. The first-order chi connectivity index (χ1) is 9.37. The molecule has 1 unspecified atom stereocenters. The van der Waals surface area contributed by atoms with Gasteiger partial charge in [-0.1, -0.05) is 12.1 Å². The Morgan fingerprint density at radius 2 is 1.95 bits per heavy atom. The van der Waals surface area contributed by atoms with E-state index in [1.807, 2.05) is 6.07 Å². The zero-order valence-corrected chi connectivity index (χ0v) is 13.2. The molecule has 1 heterocycles. The first-order valence-electron chi connectivity index (χ1n) is 7.25. The largest absolute Gasteiger partial charge is 0.328 e. The van der Waals surface area contributed by atoms with E-state index in [4.69, 9.17) is 10.7 Å². The molecule has 110 valence electrons. The third kappa shape index (κ3) is 2.58. The van der Waals surface area contributed by atoms with Crippen LogP contribution in [0.1, 0.15) is 26.6 Å². The van der Waals surface area contributed by atoms with Crippen LogP contribution in [0.25, 0.3) is 11.0 Å². The average Bonchev–Trinajstić information content (AvgIpc) is 2.75. The molecular weight excluding hydrogens is 248 g/mol. The lowest BCUT2D eigenvalue weighted by Gasteiger charge is -2.38. The zero-order valence-electron chi connectivity index (χ0n) is 13.2. The predicted molar refractivity (Wildman–Crippen MR) is 84.9 cm³/mol. The van der Waals surface area contributed by atoms with Crippen LogP contribution in [0.2, 0.25) is 0 Å². The lowest BCUT2D eigenvalue weighted by Crippen LogP contribution is -2.54. The van der Waals surface area contributed by atoms with Crippen molar-refractivity contribution in [2.75, 3.05) is 14.1 Å². The molecular formula is C16H26N4. The first kappa shape index (κ1) is 15.0. The van der Waals surface area contributed by atoms with Crippen LogP contribution in [0.15, 0.2) is 24.3 Å². The van der Waals surface area contributed by atoms with E-state index in [0.29, 0.717) is 0 Å². The summed E-state index contributed by atoms with van der Waals surface area (Å²) >= 11 is 0. The Balaban J connectivity index is 2.34. The molecule has 0 radical (unpaired) electrons. The second-order valence-electron chi connectivity index (χ2n) is 6.12. The van der Waals surface area contributed by atoms with E-state index in [9.17, 15) is 0 Å². The zero-order chi connectivity index (χ0) is 14.9. The Hall–Kier alpha value is -1.39. The Bertz CT molecular complexity index is 583. The summed E-state index contributed by atoms with van der Waals surface area (Å²) in [5, 5.41) is 0. The Morgan fingerprint density at radius 3 is 2.55 bits per heavy atom. The number of fused-ring (bicyclic) bond motifs is 1. The number of nitrogens with zero attached hydrogens (tertiary/aromatic N) is 3. The van der Waals surface area contributed by atoms with Crippen LogP contribution in [-0.4, -0.2) is 40.1 Å². The molecule has 0 saturated carbocycles. The van der Waals surface area contributed by atoms with Gasteiger partial charge < -0.3 is 15.2 Å². The first-order valence-corrected chi connectivity index (χ1v) is 7.25. The molecule has 4 heteroatoms. The third-order valence-electron chi connectivity index (χ3n) is 4.51. The second-order valence-corrected chi connectivity index (χ2v) is 6.12. The number of aromatic nitrogens is 2. The SMILES string of the molecule is CCn1c(CC(N)C(C)(C)N(C)C)nc2ccccc21. The van der Waals surface area contributed by atoms with Gasteiger partial charge in [0.2, 0.25) is 0 Å². The molecule has 0 aliphatic rings. The van der Waals surface area contributed by atoms with E-state index < -0.39 is 0 Å². The summed E-state index contributed by atoms with van der Waals surface area (Å²) < 4.78 is 2.26. The van der Waals surface area contributed by atoms with Crippen molar-refractivity contribution in [3.8, 4) is 0 Å². The van der Waals surface area contributed by atoms with E-state index in [1.165, 1.54) is 5.52 Å². The molecule has 4 nitrogen and oxygen atoms in total. The van der Waals surface area contributed by atoms with E-state index in [0.717, 1.165) is 24.3 Å². The monoisotopic (exact) mass is 274 g/mol. The molecule has 2 N–H and O–H groups in total. The molecule has 1 aromatic heterocycles. The maximum absolute atomic E-state index is 6.43. The number of imidazole rings is 1. The van der Waals surface area contributed by atoms with Crippen molar-refractivity contribution in [3.05, 3.63) is 30.1 Å². The summed E-state index contributed by atoms with van der Waals surface area (Å²) in [7, 11) is 4.14. The molecule has 0 bridgehead atoms. The van der Waals surface area contributed by atoms with Crippen LogP contribution in [0, 0.1) is 0 Å². The summed E-state index contributed by atoms with van der Waals surface area (Å²) in [5.74, 6) is 1.08. The minimum Gasteiger partial charge on any atom is -0.328 e. The lowest BCUT2D eigenvalue weighted by molar-refractivity contribution is 0.156. The smallest absolute Gasteiger partial charge is 0.111 e. The van der Waals surface area contributed by atoms with Gasteiger partial charge in [0.15, 0.2) is 0 Å². The van der Waals surface area contributed by atoms with Gasteiger partial charge in [0.1, 0.15) is 5.82 Å². The van der Waals surface area contributed by atoms with E-state index in [1.54, 1.807) is 0 Å². The summed E-state index contributed by atoms with van der Waals surface area (Å²) in [6, 6.07) is 8.32. The fraction of sp³-hybridized carbons (Fsp3) is 0.562. The Labute approximate surface area is 121 Å². The highest BCUT2D eigenvalue weighted by Gasteiger charge is 2.30. The quantitative estimate of drug-likeness (QED) is 0.910. The van der Waals surface area contributed by atoms with Crippen molar-refractivity contribution in [1.29, 1.82) is 0 Å². The summed E-state index contributed by atoms with van der Waals surface area (Å²) in [5.41, 5.74) is 8.63. The number of likely N-dealkylation sites (N-methyl/N-ethyl adjacent to an activating group) is 1. The Morgan fingerprint density at radius 1 is 1.30 bits per heavy atom. The van der Waals surface area contributed by atoms with Gasteiger partial charge in [-0.05, 0) is 47.0 Å². The van der Waals surface area contributed by atoms with Crippen molar-refractivity contribution in [3.63, 3.8) is 0 Å². The van der Waals surface area contributed by atoms with Gasteiger partial charge in [0.05, 0.1) is 11.0 Å². The number of hydrogen-bond acceptors (Lipinski definition) is 3. The van der Waals surface area contributed by atoms with Crippen LogP contribution >= 0.6 is 0 Å². The van der Waals surface area contributed by atoms with E-state index >= 15 is 0 Å². The fourth-order valence-electron chi connectivity index (χ4n) is 2.41. The van der Waals surface area contributed by atoms with Gasteiger partial charge in [-0.25, -0.2) is 4.98 Å². The van der Waals surface area contributed by atoms with Gasteiger partial charge in [0.25, 0.3) is 0 Å². The highest BCUT2D eigenvalue weighted by atomic mass is 15.2. The van der Waals surface area contributed by atoms with Crippen molar-refractivity contribution < 1.29 is 0 Å². The van der Waals surface area contributed by atoms with Crippen LogP contribution < -0.4 is 5.73 Å². The average molecular weight is 274 g/mol. The second kappa shape index (κ2) is 5.54. The topological polar surface area (TPSA) is 47.1 Å². The fourth-order valence-corrected chi connectivity index (χ4v) is 2.41. The number of hydrogen-bond donors (Lipinski definition) is 1. The highest BCUT2D eigenvalue weighted by molar-refractivity contribution is 5.75. The Kier molecular flexibility index (Phi) is 4.16. The number of benzene rings is 1. The van der Waals surface area contributed by atoms with Crippen LogP contribution in [0.3, 0.4) is 0 Å². The molecule has 0 amide bonds. The summed E-state index contributed by atoms with van der Waals surface area (Å²) in [6.07, 6.45) is 0.785. The molecule has 0 aliphatic heterocycles. The molecule has 0 saturated heterocycles. The third-order valence-corrected chi connectivity index (χ3v) is 4.51. The van der Waals surface area contributed by atoms with Gasteiger partial charge in [-0.2, -0.15) is 0 Å². The van der Waals surface area contributed by atoms with E-state index in [2.05, 4.69) is 62.5 Å². The van der Waals surface area contributed by atoms with Crippen LogP contribution in [0.4, 0.5) is 0 Å².